The Morgan fingerprint density at radius 3 is 2.69 bits per heavy atom. The first kappa shape index (κ1) is 20.0. The Labute approximate surface area is 187 Å². The van der Waals surface area contributed by atoms with Crippen LogP contribution in [0, 0.1) is 0 Å². The number of anilines is 1. The third-order valence-electron chi connectivity index (χ3n) is 4.22. The van der Waals surface area contributed by atoms with Crippen LogP contribution in [-0.2, 0) is 4.79 Å². The summed E-state index contributed by atoms with van der Waals surface area (Å²) in [4.78, 5) is 14.9. The molecule has 0 aliphatic carbocycles. The smallest absolute Gasteiger partial charge is 0.271 e. The van der Waals surface area contributed by atoms with Gasteiger partial charge >= 0.3 is 0 Å². The molecule has 3 aromatic rings. The minimum Gasteiger partial charge on any atom is -0.495 e. The number of para-hydroxylation sites is 2. The van der Waals surface area contributed by atoms with E-state index in [0.717, 1.165) is 5.56 Å². The summed E-state index contributed by atoms with van der Waals surface area (Å²) in [6.07, 6.45) is 1.67. The van der Waals surface area contributed by atoms with Crippen molar-refractivity contribution in [2.75, 3.05) is 12.0 Å². The van der Waals surface area contributed by atoms with E-state index >= 15 is 0 Å². The molecule has 0 spiro atoms. The number of thioether (sulfide) groups is 1. The molecule has 0 atom stereocenters. The minimum absolute atomic E-state index is 0.230. The zero-order valence-corrected chi connectivity index (χ0v) is 18.2. The predicted octanol–water partition coefficient (Wildman–Crippen LogP) is 6.67. The second-order valence-corrected chi connectivity index (χ2v) is 8.53. The van der Waals surface area contributed by atoms with Crippen molar-refractivity contribution in [2.45, 2.75) is 0 Å². The lowest BCUT2D eigenvalue weighted by Gasteiger charge is -2.17. The lowest BCUT2D eigenvalue weighted by molar-refractivity contribution is -0.113. The number of amides is 1. The van der Waals surface area contributed by atoms with Crippen LogP contribution in [0.25, 0.3) is 17.4 Å². The fourth-order valence-electron chi connectivity index (χ4n) is 2.88. The summed E-state index contributed by atoms with van der Waals surface area (Å²) in [6.45, 7) is 0. The molecule has 2 heterocycles. The molecule has 2 aromatic carbocycles. The number of rotatable bonds is 4. The number of methoxy groups -OCH3 is 1. The number of hydrogen-bond acceptors (Lipinski definition) is 5. The average molecular weight is 462 g/mol. The molecular formula is C21H13Cl2NO3S2. The molecule has 1 amide bonds. The van der Waals surface area contributed by atoms with Gasteiger partial charge in [-0.3, -0.25) is 9.69 Å². The zero-order chi connectivity index (χ0) is 20.5. The summed E-state index contributed by atoms with van der Waals surface area (Å²) in [5.74, 6) is 1.44. The highest BCUT2D eigenvalue weighted by Gasteiger charge is 2.35. The lowest BCUT2D eigenvalue weighted by atomic mass is 10.2. The average Bonchev–Trinajstić information content (AvgIpc) is 3.26. The third kappa shape index (κ3) is 3.94. The maximum Gasteiger partial charge on any atom is 0.271 e. The van der Waals surface area contributed by atoms with Gasteiger partial charge in [-0.25, -0.2) is 0 Å². The molecule has 8 heteroatoms. The van der Waals surface area contributed by atoms with E-state index < -0.39 is 0 Å². The fourth-order valence-corrected chi connectivity index (χ4v) is 4.65. The van der Waals surface area contributed by atoms with Crippen LogP contribution < -0.4 is 9.64 Å². The maximum atomic E-state index is 13.0. The number of carbonyl (C=O) groups is 1. The number of carbonyl (C=O) groups excluding carboxylic acids is 1. The Bertz CT molecular complexity index is 1160. The van der Waals surface area contributed by atoms with Crippen LogP contribution in [0.2, 0.25) is 10.0 Å². The van der Waals surface area contributed by atoms with Crippen molar-refractivity contribution in [2.24, 2.45) is 0 Å². The van der Waals surface area contributed by atoms with Gasteiger partial charge in [-0.05, 0) is 42.5 Å². The van der Waals surface area contributed by atoms with Crippen molar-refractivity contribution < 1.29 is 13.9 Å². The molecule has 1 aliphatic heterocycles. The zero-order valence-electron chi connectivity index (χ0n) is 15.0. The van der Waals surface area contributed by atoms with Gasteiger partial charge in [-0.1, -0.05) is 59.3 Å². The number of nitrogens with zero attached hydrogens (tertiary/aromatic N) is 1. The summed E-state index contributed by atoms with van der Waals surface area (Å²) in [5.41, 5.74) is 1.33. The first-order chi connectivity index (χ1) is 14.0. The number of hydrogen-bond donors (Lipinski definition) is 0. The van der Waals surface area contributed by atoms with E-state index in [9.17, 15) is 4.79 Å². The van der Waals surface area contributed by atoms with E-state index in [1.807, 2.05) is 12.1 Å². The van der Waals surface area contributed by atoms with Gasteiger partial charge in [0.15, 0.2) is 4.32 Å². The highest BCUT2D eigenvalue weighted by Crippen LogP contribution is 2.40. The van der Waals surface area contributed by atoms with Crippen molar-refractivity contribution in [3.05, 3.63) is 75.3 Å². The number of thiocarbonyl (C=S) groups is 1. The van der Waals surface area contributed by atoms with Gasteiger partial charge in [-0.2, -0.15) is 0 Å². The molecule has 1 aliphatic rings. The van der Waals surface area contributed by atoms with E-state index in [1.165, 1.54) is 16.7 Å². The van der Waals surface area contributed by atoms with E-state index in [2.05, 4.69) is 0 Å². The van der Waals surface area contributed by atoms with E-state index in [4.69, 9.17) is 44.6 Å². The molecule has 1 fully saturated rings. The SMILES string of the molecule is COc1ccccc1N1C(=O)/C(=C\c2ccc(-c3ccc(Cl)cc3Cl)o2)SC1=S. The van der Waals surface area contributed by atoms with E-state index in [0.29, 0.717) is 42.2 Å². The highest BCUT2D eigenvalue weighted by molar-refractivity contribution is 8.27. The van der Waals surface area contributed by atoms with Gasteiger partial charge in [0.05, 0.1) is 22.7 Å². The molecule has 4 nitrogen and oxygen atoms in total. The first-order valence-corrected chi connectivity index (χ1v) is 10.4. The highest BCUT2D eigenvalue weighted by atomic mass is 35.5. The molecule has 29 heavy (non-hydrogen) atoms. The Morgan fingerprint density at radius 2 is 1.93 bits per heavy atom. The molecule has 0 N–H and O–H groups in total. The minimum atomic E-state index is -0.230. The molecule has 0 saturated carbocycles. The van der Waals surface area contributed by atoms with Crippen LogP contribution in [0.4, 0.5) is 5.69 Å². The number of ether oxygens (including phenoxy) is 1. The predicted molar refractivity (Wildman–Crippen MR) is 123 cm³/mol. The Kier molecular flexibility index (Phi) is 5.69. The summed E-state index contributed by atoms with van der Waals surface area (Å²) in [5, 5.41) is 1.03. The van der Waals surface area contributed by atoms with E-state index in [-0.39, 0.29) is 5.91 Å². The van der Waals surface area contributed by atoms with E-state index in [1.54, 1.807) is 55.7 Å². The molecule has 0 unspecified atom stereocenters. The molecule has 1 saturated heterocycles. The van der Waals surface area contributed by atoms with Crippen molar-refractivity contribution >= 4 is 69.2 Å². The summed E-state index contributed by atoms with van der Waals surface area (Å²) >= 11 is 18.8. The second-order valence-electron chi connectivity index (χ2n) is 6.02. The summed E-state index contributed by atoms with van der Waals surface area (Å²) in [7, 11) is 1.55. The summed E-state index contributed by atoms with van der Waals surface area (Å²) in [6, 6.07) is 16.0. The van der Waals surface area contributed by atoms with Crippen molar-refractivity contribution in [1.29, 1.82) is 0 Å². The number of furan rings is 1. The lowest BCUT2D eigenvalue weighted by Crippen LogP contribution is -2.27. The first-order valence-electron chi connectivity index (χ1n) is 8.44. The standard InChI is InChI=1S/C21H13Cl2NO3S2/c1-26-18-5-3-2-4-16(18)24-20(25)19(29-21(24)28)11-13-7-9-17(27-13)14-8-6-12(22)10-15(14)23/h2-11H,1H3/b19-11+. The van der Waals surface area contributed by atoms with Crippen LogP contribution in [-0.4, -0.2) is 17.3 Å². The van der Waals surface area contributed by atoms with Gasteiger partial charge in [0.1, 0.15) is 17.3 Å². The molecule has 146 valence electrons. The topological polar surface area (TPSA) is 42.7 Å². The van der Waals surface area contributed by atoms with Gasteiger partial charge < -0.3 is 9.15 Å². The molecule has 4 rings (SSSR count). The van der Waals surface area contributed by atoms with Crippen molar-refractivity contribution in [3.63, 3.8) is 0 Å². The van der Waals surface area contributed by atoms with Crippen LogP contribution in [0.3, 0.4) is 0 Å². The van der Waals surface area contributed by atoms with Crippen LogP contribution in [0.5, 0.6) is 5.75 Å². The number of benzene rings is 2. The molecule has 0 bridgehead atoms. The largest absolute Gasteiger partial charge is 0.495 e. The van der Waals surface area contributed by atoms with Gasteiger partial charge in [-0.15, -0.1) is 0 Å². The number of halogens is 2. The normalized spacial score (nSPS) is 15.4. The molecule has 0 radical (unpaired) electrons. The van der Waals surface area contributed by atoms with Gasteiger partial charge in [0, 0.05) is 16.7 Å². The monoisotopic (exact) mass is 461 g/mol. The fraction of sp³-hybridized carbons (Fsp3) is 0.0476. The Balaban J connectivity index is 1.64. The third-order valence-corrected chi connectivity index (χ3v) is 6.07. The Morgan fingerprint density at radius 1 is 1.14 bits per heavy atom. The quantitative estimate of drug-likeness (QED) is 0.320. The molecule has 1 aromatic heterocycles. The Hall–Kier alpha value is -2.25. The van der Waals surface area contributed by atoms with Crippen molar-refractivity contribution in [3.8, 4) is 17.1 Å². The second kappa shape index (κ2) is 8.24. The van der Waals surface area contributed by atoms with Gasteiger partial charge in [0.25, 0.3) is 5.91 Å². The van der Waals surface area contributed by atoms with Crippen molar-refractivity contribution in [1.82, 2.24) is 0 Å². The van der Waals surface area contributed by atoms with Gasteiger partial charge in [0.2, 0.25) is 0 Å². The summed E-state index contributed by atoms with van der Waals surface area (Å²) < 4.78 is 11.7. The van der Waals surface area contributed by atoms with Crippen LogP contribution >= 0.6 is 47.2 Å². The van der Waals surface area contributed by atoms with Crippen LogP contribution in [0.1, 0.15) is 5.76 Å². The molecular weight excluding hydrogens is 449 g/mol. The van der Waals surface area contributed by atoms with Crippen LogP contribution in [0.15, 0.2) is 63.9 Å². The maximum absolute atomic E-state index is 13.0.